The third-order valence-electron chi connectivity index (χ3n) is 9.62. The first kappa shape index (κ1) is 36.5. The Labute approximate surface area is 316 Å². The first-order valence-electron chi connectivity index (χ1n) is 17.6. The number of halogens is 2. The zero-order valence-electron chi connectivity index (χ0n) is 29.3. The molecule has 274 valence electrons. The Hall–Kier alpha value is -4.85. The highest BCUT2D eigenvalue weighted by Crippen LogP contribution is 2.42. The number of benzene rings is 2. The van der Waals surface area contributed by atoms with Crippen LogP contribution in [0.5, 0.6) is 5.88 Å². The Morgan fingerprint density at radius 3 is 2.42 bits per heavy atom. The highest BCUT2D eigenvalue weighted by atomic mass is 35.5. The van der Waals surface area contributed by atoms with E-state index in [1.807, 2.05) is 60.7 Å². The average molecular weight is 756 g/mol. The topological polar surface area (TPSA) is 142 Å². The fourth-order valence-corrected chi connectivity index (χ4v) is 7.45. The second kappa shape index (κ2) is 16.4. The molecule has 1 atom stereocenters. The molecule has 14 heteroatoms. The average Bonchev–Trinajstić information content (AvgIpc) is 3.59. The van der Waals surface area contributed by atoms with Gasteiger partial charge in [-0.15, -0.1) is 0 Å². The Bertz CT molecular complexity index is 2230. The lowest BCUT2D eigenvalue weighted by Gasteiger charge is -2.26. The first-order valence-corrected chi connectivity index (χ1v) is 18.4. The standard InChI is InChI=1S/C39H40Cl2N8O4/c1-53-38-25(19-43-22-27-9-11-34(50)46-27)8-10-32(47-38)31-7-3-6-30(37(31)41)29-5-2-4-28(36(29)40)24-12-15-49-33(18-24)45-21-26(39(49)52)20-42-13-16-48-17-14-44-35(51)23-48/h2-8,10,12,15,18,21,27,42-43H,9,11,13-14,16-17,19-20,22-23H2,1H3,(H,44,51)(H,46,50). The third kappa shape index (κ3) is 8.22. The molecule has 7 rings (SSSR count). The molecule has 0 radical (unpaired) electrons. The van der Waals surface area contributed by atoms with E-state index in [1.165, 1.54) is 4.40 Å². The van der Waals surface area contributed by atoms with Crippen LogP contribution in [0.3, 0.4) is 0 Å². The monoisotopic (exact) mass is 754 g/mol. The van der Waals surface area contributed by atoms with Crippen LogP contribution >= 0.6 is 23.2 Å². The molecule has 5 aromatic rings. The summed E-state index contributed by atoms with van der Waals surface area (Å²) in [7, 11) is 1.59. The third-order valence-corrected chi connectivity index (χ3v) is 10.4. The number of pyridine rings is 2. The van der Waals surface area contributed by atoms with Crippen LogP contribution in [-0.2, 0) is 22.7 Å². The van der Waals surface area contributed by atoms with E-state index in [0.717, 1.165) is 52.9 Å². The molecule has 0 saturated carbocycles. The van der Waals surface area contributed by atoms with Gasteiger partial charge in [0.15, 0.2) is 0 Å². The van der Waals surface area contributed by atoms with E-state index in [1.54, 1.807) is 19.5 Å². The van der Waals surface area contributed by atoms with Gasteiger partial charge in [0.05, 0.1) is 29.4 Å². The van der Waals surface area contributed by atoms with Crippen molar-refractivity contribution < 1.29 is 14.3 Å². The summed E-state index contributed by atoms with van der Waals surface area (Å²) in [6.45, 7) is 4.80. The summed E-state index contributed by atoms with van der Waals surface area (Å²) in [5.74, 6) is 0.618. The number of nitrogens with one attached hydrogen (secondary N) is 4. The summed E-state index contributed by atoms with van der Waals surface area (Å²) in [4.78, 5) is 47.9. The van der Waals surface area contributed by atoms with Gasteiger partial charge in [-0.25, -0.2) is 9.97 Å². The molecule has 2 aromatic carbocycles. The Balaban J connectivity index is 1.07. The van der Waals surface area contributed by atoms with Crippen molar-refractivity contribution in [3.8, 4) is 39.4 Å². The van der Waals surface area contributed by atoms with Crippen molar-refractivity contribution in [2.75, 3.05) is 46.4 Å². The number of nitrogens with zero attached hydrogens (tertiary/aromatic N) is 4. The minimum atomic E-state index is -0.150. The molecule has 2 amide bonds. The molecule has 53 heavy (non-hydrogen) atoms. The van der Waals surface area contributed by atoms with Gasteiger partial charge >= 0.3 is 0 Å². The van der Waals surface area contributed by atoms with Gasteiger partial charge in [0.2, 0.25) is 17.7 Å². The predicted molar refractivity (Wildman–Crippen MR) is 206 cm³/mol. The Kier molecular flexibility index (Phi) is 11.3. The first-order chi connectivity index (χ1) is 25.8. The Morgan fingerprint density at radius 1 is 0.906 bits per heavy atom. The van der Waals surface area contributed by atoms with Crippen molar-refractivity contribution >= 4 is 40.7 Å². The lowest BCUT2D eigenvalue weighted by molar-refractivity contribution is -0.124. The van der Waals surface area contributed by atoms with Gasteiger partial charge in [-0.05, 0) is 30.2 Å². The summed E-state index contributed by atoms with van der Waals surface area (Å²) in [5.41, 5.74) is 6.26. The molecule has 0 bridgehead atoms. The number of piperazine rings is 1. The number of aromatic nitrogens is 3. The summed E-state index contributed by atoms with van der Waals surface area (Å²) in [6, 6.07) is 19.3. The van der Waals surface area contributed by atoms with E-state index in [-0.39, 0.29) is 23.4 Å². The maximum absolute atomic E-state index is 13.3. The van der Waals surface area contributed by atoms with Gasteiger partial charge in [0.1, 0.15) is 5.65 Å². The maximum atomic E-state index is 13.3. The number of carbonyl (C=O) groups excluding carboxylic acids is 2. The van der Waals surface area contributed by atoms with Gasteiger partial charge in [0, 0.05) is 104 Å². The largest absolute Gasteiger partial charge is 0.481 e. The molecule has 0 spiro atoms. The summed E-state index contributed by atoms with van der Waals surface area (Å²) in [5, 5.41) is 13.5. The summed E-state index contributed by atoms with van der Waals surface area (Å²) < 4.78 is 7.18. The number of carbonyl (C=O) groups is 2. The van der Waals surface area contributed by atoms with E-state index in [2.05, 4.69) is 31.2 Å². The molecule has 2 fully saturated rings. The lowest BCUT2D eigenvalue weighted by Crippen LogP contribution is -2.49. The molecule has 5 heterocycles. The molecule has 2 aliphatic rings. The number of hydrogen-bond acceptors (Lipinski definition) is 9. The molecule has 4 N–H and O–H groups in total. The van der Waals surface area contributed by atoms with Crippen LogP contribution in [0.15, 0.2) is 77.9 Å². The quantitative estimate of drug-likeness (QED) is 0.130. The van der Waals surface area contributed by atoms with Crippen molar-refractivity contribution in [3.05, 3.63) is 105 Å². The number of methoxy groups -OCH3 is 1. The molecule has 12 nitrogen and oxygen atoms in total. The number of hydrogen-bond donors (Lipinski definition) is 4. The SMILES string of the molecule is COc1nc(-c2cccc(-c3cccc(-c4ccn5c(=O)c(CNCCN6CCNC(=O)C6)cnc5c4)c3Cl)c2Cl)ccc1CNCC1CCC(=O)N1. The minimum Gasteiger partial charge on any atom is -0.481 e. The number of amides is 2. The van der Waals surface area contributed by atoms with Gasteiger partial charge in [0.25, 0.3) is 5.56 Å². The molecule has 2 saturated heterocycles. The van der Waals surface area contributed by atoms with Crippen molar-refractivity contribution in [3.63, 3.8) is 0 Å². The van der Waals surface area contributed by atoms with Crippen LogP contribution in [-0.4, -0.2) is 83.5 Å². The highest BCUT2D eigenvalue weighted by molar-refractivity contribution is 6.39. The molecule has 2 aliphatic heterocycles. The lowest BCUT2D eigenvalue weighted by atomic mass is 9.97. The zero-order chi connectivity index (χ0) is 36.9. The van der Waals surface area contributed by atoms with Crippen LogP contribution in [0.4, 0.5) is 0 Å². The molecule has 1 unspecified atom stereocenters. The van der Waals surface area contributed by atoms with E-state index in [9.17, 15) is 14.4 Å². The van der Waals surface area contributed by atoms with Crippen LogP contribution in [0.2, 0.25) is 10.0 Å². The van der Waals surface area contributed by atoms with Gasteiger partial charge in [-0.3, -0.25) is 23.7 Å². The number of fused-ring (bicyclic) bond motifs is 1. The summed E-state index contributed by atoms with van der Waals surface area (Å²) in [6.07, 6.45) is 4.72. The van der Waals surface area contributed by atoms with E-state index >= 15 is 0 Å². The molecular weight excluding hydrogens is 715 g/mol. The van der Waals surface area contributed by atoms with Crippen LogP contribution in [0.1, 0.15) is 24.0 Å². The van der Waals surface area contributed by atoms with Crippen LogP contribution < -0.4 is 31.6 Å². The van der Waals surface area contributed by atoms with E-state index in [4.69, 9.17) is 32.9 Å². The van der Waals surface area contributed by atoms with E-state index < -0.39 is 0 Å². The fraction of sp³-hybridized carbons (Fsp3) is 0.308. The summed E-state index contributed by atoms with van der Waals surface area (Å²) >= 11 is 14.2. The van der Waals surface area contributed by atoms with Crippen molar-refractivity contribution in [2.24, 2.45) is 0 Å². The second-order valence-electron chi connectivity index (χ2n) is 13.2. The molecular formula is C39H40Cl2N8O4. The molecule has 0 aliphatic carbocycles. The minimum absolute atomic E-state index is 0.0359. The van der Waals surface area contributed by atoms with Crippen LogP contribution in [0, 0.1) is 0 Å². The second-order valence-corrected chi connectivity index (χ2v) is 13.9. The van der Waals surface area contributed by atoms with Gasteiger partial charge < -0.3 is 26.0 Å². The van der Waals surface area contributed by atoms with Gasteiger partial charge in [-0.2, -0.15) is 0 Å². The van der Waals surface area contributed by atoms with Crippen molar-refractivity contribution in [2.45, 2.75) is 32.0 Å². The fourth-order valence-electron chi connectivity index (χ4n) is 6.79. The van der Waals surface area contributed by atoms with Crippen molar-refractivity contribution in [1.82, 2.24) is 40.5 Å². The van der Waals surface area contributed by atoms with Crippen molar-refractivity contribution in [1.29, 1.82) is 0 Å². The smallest absolute Gasteiger partial charge is 0.262 e. The number of ether oxygens (including phenoxy) is 1. The normalized spacial score (nSPS) is 16.2. The van der Waals surface area contributed by atoms with E-state index in [0.29, 0.717) is 78.5 Å². The van der Waals surface area contributed by atoms with Gasteiger partial charge in [-0.1, -0.05) is 65.7 Å². The zero-order valence-corrected chi connectivity index (χ0v) is 30.8. The molecule has 3 aromatic heterocycles. The Morgan fingerprint density at radius 2 is 1.66 bits per heavy atom. The number of rotatable bonds is 13. The maximum Gasteiger partial charge on any atom is 0.262 e. The predicted octanol–water partition coefficient (Wildman–Crippen LogP) is 4.30. The highest BCUT2D eigenvalue weighted by Gasteiger charge is 2.21. The van der Waals surface area contributed by atoms with Crippen LogP contribution in [0.25, 0.3) is 39.2 Å².